The van der Waals surface area contributed by atoms with Gasteiger partial charge in [-0.05, 0) is 39.7 Å². The SMILES string of the molecule is Cc1cc(C)n2nc(C)c(C(=O)NCC3(C(=O)O)CC3)c2n1. The molecule has 7 heteroatoms. The van der Waals surface area contributed by atoms with Crippen LogP contribution in [0, 0.1) is 26.2 Å². The molecule has 2 heterocycles. The molecule has 0 saturated heterocycles. The third-order valence-corrected chi connectivity index (χ3v) is 4.19. The van der Waals surface area contributed by atoms with Gasteiger partial charge in [0.2, 0.25) is 0 Å². The molecule has 116 valence electrons. The van der Waals surface area contributed by atoms with E-state index in [1.807, 2.05) is 19.9 Å². The van der Waals surface area contributed by atoms with Crippen LogP contribution in [-0.2, 0) is 4.79 Å². The number of carbonyl (C=O) groups excluding carboxylic acids is 1. The van der Waals surface area contributed by atoms with Crippen molar-refractivity contribution in [2.75, 3.05) is 6.54 Å². The van der Waals surface area contributed by atoms with Crippen LogP contribution in [-0.4, -0.2) is 38.1 Å². The van der Waals surface area contributed by atoms with E-state index in [9.17, 15) is 9.59 Å². The molecule has 0 aliphatic heterocycles. The number of carboxylic acid groups (broad SMARTS) is 1. The molecule has 2 aromatic heterocycles. The van der Waals surface area contributed by atoms with Gasteiger partial charge in [-0.2, -0.15) is 5.10 Å². The number of rotatable bonds is 4. The average molecular weight is 302 g/mol. The van der Waals surface area contributed by atoms with Crippen molar-refractivity contribution in [1.82, 2.24) is 19.9 Å². The minimum Gasteiger partial charge on any atom is -0.481 e. The number of hydrogen-bond donors (Lipinski definition) is 2. The van der Waals surface area contributed by atoms with Gasteiger partial charge in [0.15, 0.2) is 5.65 Å². The summed E-state index contributed by atoms with van der Waals surface area (Å²) in [5.74, 6) is -1.17. The molecule has 22 heavy (non-hydrogen) atoms. The molecule has 1 saturated carbocycles. The quantitative estimate of drug-likeness (QED) is 0.886. The summed E-state index contributed by atoms with van der Waals surface area (Å²) < 4.78 is 1.64. The Kier molecular flexibility index (Phi) is 3.16. The van der Waals surface area contributed by atoms with Gasteiger partial charge in [0.1, 0.15) is 5.56 Å². The minimum absolute atomic E-state index is 0.142. The highest BCUT2D eigenvalue weighted by atomic mass is 16.4. The normalized spacial score (nSPS) is 15.8. The standard InChI is InChI=1S/C15H18N4O3/c1-8-6-9(2)19-12(17-8)11(10(3)18-19)13(20)16-7-15(4-5-15)14(21)22/h6H,4-5,7H2,1-3H3,(H,16,20)(H,21,22). The molecule has 1 amide bonds. The summed E-state index contributed by atoms with van der Waals surface area (Å²) in [6.07, 6.45) is 1.21. The molecule has 2 aromatic rings. The highest BCUT2D eigenvalue weighted by Gasteiger charge is 2.50. The first kappa shape index (κ1) is 14.5. The lowest BCUT2D eigenvalue weighted by Gasteiger charge is -2.11. The fourth-order valence-corrected chi connectivity index (χ4v) is 2.65. The molecular weight excluding hydrogens is 284 g/mol. The second kappa shape index (κ2) is 4.79. The van der Waals surface area contributed by atoms with Gasteiger partial charge >= 0.3 is 5.97 Å². The summed E-state index contributed by atoms with van der Waals surface area (Å²) >= 11 is 0. The van der Waals surface area contributed by atoms with Crippen LogP contribution in [0.3, 0.4) is 0 Å². The van der Waals surface area contributed by atoms with Gasteiger partial charge < -0.3 is 10.4 Å². The molecule has 1 aliphatic rings. The molecule has 7 nitrogen and oxygen atoms in total. The zero-order chi connectivity index (χ0) is 16.1. The van der Waals surface area contributed by atoms with Gasteiger partial charge in [0.25, 0.3) is 5.91 Å². The molecule has 1 fully saturated rings. The smallest absolute Gasteiger partial charge is 0.311 e. The van der Waals surface area contributed by atoms with Crippen LogP contribution in [0.25, 0.3) is 5.65 Å². The van der Waals surface area contributed by atoms with Crippen molar-refractivity contribution in [3.8, 4) is 0 Å². The number of amides is 1. The van der Waals surface area contributed by atoms with Crippen LogP contribution in [0.4, 0.5) is 0 Å². The highest BCUT2D eigenvalue weighted by Crippen LogP contribution is 2.45. The Bertz CT molecular complexity index is 790. The Balaban J connectivity index is 1.91. The lowest BCUT2D eigenvalue weighted by molar-refractivity contribution is -0.143. The van der Waals surface area contributed by atoms with Crippen LogP contribution >= 0.6 is 0 Å². The van der Waals surface area contributed by atoms with Gasteiger partial charge in [0, 0.05) is 17.9 Å². The number of nitrogens with one attached hydrogen (secondary N) is 1. The van der Waals surface area contributed by atoms with Crippen molar-refractivity contribution in [3.05, 3.63) is 28.7 Å². The monoisotopic (exact) mass is 302 g/mol. The number of aryl methyl sites for hydroxylation is 3. The summed E-state index contributed by atoms with van der Waals surface area (Å²) in [5.41, 5.74) is 2.42. The van der Waals surface area contributed by atoms with E-state index >= 15 is 0 Å². The second-order valence-corrected chi connectivity index (χ2v) is 6.00. The Morgan fingerprint density at radius 3 is 2.64 bits per heavy atom. The number of carbonyl (C=O) groups is 2. The van der Waals surface area contributed by atoms with Gasteiger partial charge in [-0.15, -0.1) is 0 Å². The molecule has 3 rings (SSSR count). The summed E-state index contributed by atoms with van der Waals surface area (Å²) in [7, 11) is 0. The van der Waals surface area contributed by atoms with Crippen molar-refractivity contribution >= 4 is 17.5 Å². The summed E-state index contributed by atoms with van der Waals surface area (Å²) in [5, 5.41) is 16.2. The molecule has 0 spiro atoms. The van der Waals surface area contributed by atoms with Crippen molar-refractivity contribution in [2.24, 2.45) is 5.41 Å². The number of carboxylic acids is 1. The lowest BCUT2D eigenvalue weighted by atomic mass is 10.1. The van der Waals surface area contributed by atoms with Crippen molar-refractivity contribution in [2.45, 2.75) is 33.6 Å². The number of nitrogens with zero attached hydrogens (tertiary/aromatic N) is 3. The Labute approximate surface area is 127 Å². The fourth-order valence-electron chi connectivity index (χ4n) is 2.65. The molecule has 1 aliphatic carbocycles. The van der Waals surface area contributed by atoms with Crippen molar-refractivity contribution in [1.29, 1.82) is 0 Å². The first-order valence-electron chi connectivity index (χ1n) is 7.19. The minimum atomic E-state index is -0.853. The second-order valence-electron chi connectivity index (χ2n) is 6.00. The van der Waals surface area contributed by atoms with Crippen LogP contribution in [0.2, 0.25) is 0 Å². The van der Waals surface area contributed by atoms with Crippen LogP contribution in [0.15, 0.2) is 6.07 Å². The molecule has 0 bridgehead atoms. The topological polar surface area (TPSA) is 96.6 Å². The van der Waals surface area contributed by atoms with E-state index in [2.05, 4.69) is 15.4 Å². The molecule has 0 atom stereocenters. The maximum absolute atomic E-state index is 12.5. The predicted octanol–water partition coefficient (Wildman–Crippen LogP) is 1.25. The Morgan fingerprint density at radius 1 is 1.36 bits per heavy atom. The largest absolute Gasteiger partial charge is 0.481 e. The Hall–Kier alpha value is -2.44. The van der Waals surface area contributed by atoms with Gasteiger partial charge in [-0.1, -0.05) is 0 Å². The van der Waals surface area contributed by atoms with Crippen LogP contribution < -0.4 is 5.32 Å². The van der Waals surface area contributed by atoms with E-state index in [0.29, 0.717) is 29.7 Å². The van der Waals surface area contributed by atoms with E-state index in [1.165, 1.54) is 0 Å². The number of aromatic nitrogens is 3. The van der Waals surface area contributed by atoms with Gasteiger partial charge in [-0.3, -0.25) is 9.59 Å². The van der Waals surface area contributed by atoms with Gasteiger partial charge in [-0.25, -0.2) is 9.50 Å². The predicted molar refractivity (Wildman–Crippen MR) is 78.8 cm³/mol. The molecule has 0 unspecified atom stereocenters. The van der Waals surface area contributed by atoms with E-state index in [1.54, 1.807) is 11.4 Å². The van der Waals surface area contributed by atoms with E-state index in [-0.39, 0.29) is 12.5 Å². The summed E-state index contributed by atoms with van der Waals surface area (Å²) in [6, 6.07) is 1.89. The average Bonchev–Trinajstić information content (AvgIpc) is 3.15. The first-order valence-corrected chi connectivity index (χ1v) is 7.19. The first-order chi connectivity index (χ1) is 10.3. The maximum Gasteiger partial charge on any atom is 0.311 e. The summed E-state index contributed by atoms with van der Waals surface area (Å²) in [4.78, 5) is 28.0. The van der Waals surface area contributed by atoms with Crippen LogP contribution in [0.1, 0.15) is 40.3 Å². The number of aliphatic carboxylic acids is 1. The molecule has 0 aromatic carbocycles. The molecule has 0 radical (unpaired) electrons. The van der Waals surface area contributed by atoms with E-state index in [0.717, 1.165) is 11.4 Å². The molecular formula is C15H18N4O3. The van der Waals surface area contributed by atoms with Crippen LogP contribution in [0.5, 0.6) is 0 Å². The van der Waals surface area contributed by atoms with E-state index in [4.69, 9.17) is 5.11 Å². The van der Waals surface area contributed by atoms with E-state index < -0.39 is 11.4 Å². The summed E-state index contributed by atoms with van der Waals surface area (Å²) in [6.45, 7) is 5.66. The van der Waals surface area contributed by atoms with Crippen molar-refractivity contribution < 1.29 is 14.7 Å². The third-order valence-electron chi connectivity index (χ3n) is 4.19. The molecule has 2 N–H and O–H groups in total. The third kappa shape index (κ3) is 2.22. The maximum atomic E-state index is 12.5. The lowest BCUT2D eigenvalue weighted by Crippen LogP contribution is -2.34. The fraction of sp³-hybridized carbons (Fsp3) is 0.467. The number of hydrogen-bond acceptors (Lipinski definition) is 4. The zero-order valence-corrected chi connectivity index (χ0v) is 12.8. The van der Waals surface area contributed by atoms with Crippen molar-refractivity contribution in [3.63, 3.8) is 0 Å². The Morgan fingerprint density at radius 2 is 2.05 bits per heavy atom. The van der Waals surface area contributed by atoms with Gasteiger partial charge in [0.05, 0.1) is 11.1 Å². The highest BCUT2D eigenvalue weighted by molar-refractivity contribution is 6.01. The number of fused-ring (bicyclic) bond motifs is 1. The zero-order valence-electron chi connectivity index (χ0n) is 12.8.